The Morgan fingerprint density at radius 1 is 1.24 bits per heavy atom. The van der Waals surface area contributed by atoms with Crippen LogP contribution in [0.2, 0.25) is 0 Å². The normalized spacial score (nSPS) is 13.3. The van der Waals surface area contributed by atoms with Gasteiger partial charge in [-0.25, -0.2) is 12.8 Å². The van der Waals surface area contributed by atoms with Crippen molar-refractivity contribution in [1.29, 1.82) is 0 Å². The van der Waals surface area contributed by atoms with Crippen LogP contribution in [0.15, 0.2) is 23.1 Å². The summed E-state index contributed by atoms with van der Waals surface area (Å²) in [6.45, 7) is 3.90. The lowest BCUT2D eigenvalue weighted by Crippen LogP contribution is -2.28. The summed E-state index contributed by atoms with van der Waals surface area (Å²) in [4.78, 5) is -1.10. The summed E-state index contributed by atoms with van der Waals surface area (Å²) in [6, 6.07) is 2.27. The second kappa shape index (κ2) is 6.04. The van der Waals surface area contributed by atoms with E-state index in [2.05, 4.69) is 5.32 Å². The first-order valence-electron chi connectivity index (χ1n) is 5.81. The fourth-order valence-corrected chi connectivity index (χ4v) is 2.53. The molecule has 0 saturated heterocycles. The van der Waals surface area contributed by atoms with Crippen molar-refractivity contribution in [3.63, 3.8) is 0 Å². The van der Waals surface area contributed by atoms with Crippen LogP contribution >= 0.6 is 11.8 Å². The van der Waals surface area contributed by atoms with Gasteiger partial charge in [0, 0.05) is 11.3 Å². The van der Waals surface area contributed by atoms with E-state index in [-0.39, 0.29) is 17.0 Å². The van der Waals surface area contributed by atoms with E-state index in [4.69, 9.17) is 0 Å². The summed E-state index contributed by atoms with van der Waals surface area (Å²) in [7, 11) is -5.61. The van der Waals surface area contributed by atoms with Gasteiger partial charge in [0.1, 0.15) is 10.7 Å². The minimum Gasteiger partial charge on any atom is -0.383 e. The average molecular weight is 345 g/mol. The molecule has 120 valence electrons. The van der Waals surface area contributed by atoms with Gasteiger partial charge in [-0.05, 0) is 38.3 Å². The molecular formula is C12H15F4NO2S2. The topological polar surface area (TPSA) is 46.2 Å². The second-order valence-electron chi connectivity index (χ2n) is 4.91. The number of sulfone groups is 1. The highest BCUT2D eigenvalue weighted by Gasteiger charge is 2.48. The lowest BCUT2D eigenvalue weighted by Gasteiger charge is -2.24. The van der Waals surface area contributed by atoms with Gasteiger partial charge < -0.3 is 5.32 Å². The Labute approximate surface area is 125 Å². The number of hydrogen-bond donors (Lipinski definition) is 1. The molecule has 0 spiro atoms. The Kier molecular flexibility index (Phi) is 5.20. The molecule has 9 heteroatoms. The standard InChI is InChI=1S/C12H15F4NO2S2/c1-11(2,20-3)7-17-9-5-4-8(13)6-10(9)21(18,19)12(14,15)16/h4-6,17H,7H2,1-3H3. The number of halogens is 4. The lowest BCUT2D eigenvalue weighted by molar-refractivity contribution is -0.0435. The van der Waals surface area contributed by atoms with Crippen LogP contribution in [-0.2, 0) is 9.84 Å². The Balaban J connectivity index is 3.25. The summed E-state index contributed by atoms with van der Waals surface area (Å²) in [6.07, 6.45) is 1.82. The summed E-state index contributed by atoms with van der Waals surface area (Å²) < 4.78 is 73.7. The van der Waals surface area contributed by atoms with Crippen LogP contribution in [0.25, 0.3) is 0 Å². The molecule has 0 bridgehead atoms. The summed E-state index contributed by atoms with van der Waals surface area (Å²) in [5.41, 5.74) is -5.75. The van der Waals surface area contributed by atoms with Crippen molar-refractivity contribution >= 4 is 27.3 Å². The number of thioether (sulfide) groups is 1. The second-order valence-corrected chi connectivity index (χ2v) is 8.33. The number of rotatable bonds is 5. The first kappa shape index (κ1) is 18.1. The molecule has 1 N–H and O–H groups in total. The highest BCUT2D eigenvalue weighted by molar-refractivity contribution is 8.00. The predicted molar refractivity (Wildman–Crippen MR) is 75.7 cm³/mol. The highest BCUT2D eigenvalue weighted by atomic mass is 32.2. The van der Waals surface area contributed by atoms with Gasteiger partial charge in [0.15, 0.2) is 0 Å². The van der Waals surface area contributed by atoms with Crippen molar-refractivity contribution in [3.05, 3.63) is 24.0 Å². The van der Waals surface area contributed by atoms with E-state index in [0.29, 0.717) is 6.07 Å². The maximum absolute atomic E-state index is 13.1. The zero-order chi connectivity index (χ0) is 16.5. The molecule has 0 aliphatic heterocycles. The zero-order valence-electron chi connectivity index (χ0n) is 11.6. The molecule has 0 aromatic heterocycles. The van der Waals surface area contributed by atoms with Crippen LogP contribution in [0.3, 0.4) is 0 Å². The third-order valence-electron chi connectivity index (χ3n) is 2.80. The molecule has 1 rings (SSSR count). The maximum atomic E-state index is 13.1. The molecule has 0 unspecified atom stereocenters. The molecule has 1 aromatic rings. The SMILES string of the molecule is CSC(C)(C)CNc1ccc(F)cc1S(=O)(=O)C(F)(F)F. The number of anilines is 1. The van der Waals surface area contributed by atoms with Gasteiger partial charge in [-0.2, -0.15) is 24.9 Å². The van der Waals surface area contributed by atoms with Crippen LogP contribution in [0.1, 0.15) is 13.8 Å². The van der Waals surface area contributed by atoms with Crippen molar-refractivity contribution in [2.45, 2.75) is 29.0 Å². The predicted octanol–water partition coefficient (Wildman–Crippen LogP) is 3.67. The van der Waals surface area contributed by atoms with Gasteiger partial charge in [-0.15, -0.1) is 0 Å². The van der Waals surface area contributed by atoms with Crippen LogP contribution < -0.4 is 5.32 Å². The fourth-order valence-electron chi connectivity index (χ4n) is 1.37. The Hall–Kier alpha value is -0.960. The summed E-state index contributed by atoms with van der Waals surface area (Å²) >= 11 is 1.46. The first-order valence-corrected chi connectivity index (χ1v) is 8.51. The van der Waals surface area contributed by atoms with Crippen LogP contribution in [0.5, 0.6) is 0 Å². The molecule has 1 aromatic carbocycles. The lowest BCUT2D eigenvalue weighted by atomic mass is 10.2. The summed E-state index contributed by atoms with van der Waals surface area (Å²) in [5.74, 6) is -1.05. The molecule has 0 atom stereocenters. The monoisotopic (exact) mass is 345 g/mol. The Bertz CT molecular complexity index is 612. The number of alkyl halides is 3. The largest absolute Gasteiger partial charge is 0.501 e. The van der Waals surface area contributed by atoms with Gasteiger partial charge in [0.25, 0.3) is 9.84 Å². The molecular weight excluding hydrogens is 330 g/mol. The first-order chi connectivity index (χ1) is 9.40. The maximum Gasteiger partial charge on any atom is 0.501 e. The van der Waals surface area contributed by atoms with Crippen LogP contribution in [-0.4, -0.2) is 31.5 Å². The van der Waals surface area contributed by atoms with E-state index in [9.17, 15) is 26.0 Å². The molecule has 0 fully saturated rings. The quantitative estimate of drug-likeness (QED) is 0.827. The third-order valence-corrected chi connectivity index (χ3v) is 5.57. The Morgan fingerprint density at radius 3 is 2.29 bits per heavy atom. The van der Waals surface area contributed by atoms with Gasteiger partial charge in [0.2, 0.25) is 0 Å². The molecule has 0 amide bonds. The van der Waals surface area contributed by atoms with Gasteiger partial charge in [-0.1, -0.05) is 0 Å². The van der Waals surface area contributed by atoms with Crippen molar-refractivity contribution in [2.75, 3.05) is 18.1 Å². The minimum absolute atomic E-state index is 0.222. The van der Waals surface area contributed by atoms with Gasteiger partial charge in [0.05, 0.1) is 5.69 Å². The molecule has 21 heavy (non-hydrogen) atoms. The number of nitrogens with one attached hydrogen (secondary N) is 1. The van der Waals surface area contributed by atoms with E-state index in [0.717, 1.165) is 12.1 Å². The third kappa shape index (κ3) is 4.26. The van der Waals surface area contributed by atoms with Crippen molar-refractivity contribution < 1.29 is 26.0 Å². The van der Waals surface area contributed by atoms with Gasteiger partial charge >= 0.3 is 5.51 Å². The van der Waals surface area contributed by atoms with E-state index in [1.165, 1.54) is 11.8 Å². The van der Waals surface area contributed by atoms with E-state index in [1.807, 2.05) is 20.1 Å². The van der Waals surface area contributed by atoms with E-state index >= 15 is 0 Å². The minimum atomic E-state index is -5.61. The molecule has 0 heterocycles. The zero-order valence-corrected chi connectivity index (χ0v) is 13.2. The molecule has 3 nitrogen and oxygen atoms in total. The average Bonchev–Trinajstić information content (AvgIpc) is 2.36. The van der Waals surface area contributed by atoms with Crippen molar-refractivity contribution in [3.8, 4) is 0 Å². The molecule has 0 aliphatic rings. The molecule has 0 saturated carbocycles. The highest BCUT2D eigenvalue weighted by Crippen LogP contribution is 2.35. The molecule has 0 aliphatic carbocycles. The Morgan fingerprint density at radius 2 is 1.81 bits per heavy atom. The van der Waals surface area contributed by atoms with Crippen LogP contribution in [0, 0.1) is 5.82 Å². The molecule has 0 radical (unpaired) electrons. The van der Waals surface area contributed by atoms with E-state index < -0.39 is 26.1 Å². The van der Waals surface area contributed by atoms with Crippen molar-refractivity contribution in [2.24, 2.45) is 0 Å². The number of benzene rings is 1. The smallest absolute Gasteiger partial charge is 0.383 e. The van der Waals surface area contributed by atoms with Gasteiger partial charge in [-0.3, -0.25) is 0 Å². The van der Waals surface area contributed by atoms with Crippen LogP contribution in [0.4, 0.5) is 23.2 Å². The number of hydrogen-bond acceptors (Lipinski definition) is 4. The van der Waals surface area contributed by atoms with E-state index in [1.54, 1.807) is 0 Å². The fraction of sp³-hybridized carbons (Fsp3) is 0.500. The van der Waals surface area contributed by atoms with Crippen molar-refractivity contribution in [1.82, 2.24) is 0 Å². The summed E-state index contributed by atoms with van der Waals surface area (Å²) in [5, 5.41) is 2.64.